The Bertz CT molecular complexity index is 327. The second-order valence-electron chi connectivity index (χ2n) is 3.30. The Morgan fingerprint density at radius 2 is 2.08 bits per heavy atom. The quantitative estimate of drug-likeness (QED) is 0.682. The summed E-state index contributed by atoms with van der Waals surface area (Å²) < 4.78 is 40.3. The molecule has 1 atom stereocenters. The molecule has 0 unspecified atom stereocenters. The molecule has 0 aromatic heterocycles. The van der Waals surface area contributed by atoms with Crippen molar-refractivity contribution in [1.29, 1.82) is 0 Å². The van der Waals surface area contributed by atoms with E-state index in [0.29, 0.717) is 0 Å². The van der Waals surface area contributed by atoms with Crippen LogP contribution in [0.3, 0.4) is 0 Å². The van der Waals surface area contributed by atoms with Crippen molar-refractivity contribution < 1.29 is 22.4 Å². The van der Waals surface area contributed by atoms with E-state index in [4.69, 9.17) is 14.0 Å². The molecule has 0 aliphatic carbocycles. The molecule has 0 aromatic carbocycles. The van der Waals surface area contributed by atoms with Crippen molar-refractivity contribution in [2.75, 3.05) is 0 Å². The van der Waals surface area contributed by atoms with Crippen LogP contribution < -0.4 is 0 Å². The first-order valence-electron chi connectivity index (χ1n) is 3.75. The van der Waals surface area contributed by atoms with E-state index in [-0.39, 0.29) is 5.76 Å². The zero-order valence-electron chi connectivity index (χ0n) is 7.64. The topological polar surface area (TPSA) is 72.8 Å². The molecular formula is C7H12O5S. The van der Waals surface area contributed by atoms with Gasteiger partial charge in [-0.1, -0.05) is 0 Å². The summed E-state index contributed by atoms with van der Waals surface area (Å²) in [5.74, 6) is -0.735. The van der Waals surface area contributed by atoms with E-state index in [9.17, 15) is 8.42 Å². The predicted octanol–water partition coefficient (Wildman–Crippen LogP) is 0.887. The Morgan fingerprint density at radius 3 is 2.38 bits per heavy atom. The molecule has 1 aliphatic rings. The van der Waals surface area contributed by atoms with Gasteiger partial charge in [0, 0.05) is 13.8 Å². The van der Waals surface area contributed by atoms with Gasteiger partial charge in [0.2, 0.25) is 5.79 Å². The van der Waals surface area contributed by atoms with Crippen molar-refractivity contribution in [1.82, 2.24) is 0 Å². The lowest BCUT2D eigenvalue weighted by atomic mass is 10.4. The molecule has 0 bridgehead atoms. The van der Waals surface area contributed by atoms with Gasteiger partial charge in [0.05, 0.1) is 0 Å². The van der Waals surface area contributed by atoms with Gasteiger partial charge in [-0.05, 0) is 6.92 Å². The van der Waals surface area contributed by atoms with Crippen molar-refractivity contribution in [3.63, 3.8) is 0 Å². The Kier molecular flexibility index (Phi) is 2.29. The van der Waals surface area contributed by atoms with Gasteiger partial charge in [-0.3, -0.25) is 4.55 Å². The minimum atomic E-state index is -4.11. The van der Waals surface area contributed by atoms with Crippen molar-refractivity contribution >= 4 is 10.1 Å². The fourth-order valence-corrected chi connectivity index (χ4v) is 1.25. The van der Waals surface area contributed by atoms with E-state index in [2.05, 4.69) is 0 Å². The second-order valence-corrected chi connectivity index (χ2v) is 5.03. The van der Waals surface area contributed by atoms with Crippen LogP contribution in [0.2, 0.25) is 0 Å². The third-order valence-electron chi connectivity index (χ3n) is 1.67. The van der Waals surface area contributed by atoms with Crippen molar-refractivity contribution in [3.05, 3.63) is 12.0 Å². The summed E-state index contributed by atoms with van der Waals surface area (Å²) in [5.41, 5.74) is 0. The van der Waals surface area contributed by atoms with Crippen LogP contribution in [-0.4, -0.2) is 24.0 Å². The molecule has 0 amide bonds. The highest BCUT2D eigenvalue weighted by molar-refractivity contribution is 7.86. The number of ether oxygens (including phenoxy) is 2. The summed E-state index contributed by atoms with van der Waals surface area (Å²) in [5, 5.41) is -1.09. The molecular weight excluding hydrogens is 196 g/mol. The number of rotatable bonds is 2. The average molecular weight is 208 g/mol. The minimum Gasteiger partial charge on any atom is -0.457 e. The lowest BCUT2D eigenvalue weighted by Gasteiger charge is -2.19. The van der Waals surface area contributed by atoms with E-state index in [1.165, 1.54) is 13.2 Å². The normalized spacial score (nSPS) is 22.9. The Labute approximate surface area is 77.1 Å². The number of hydrogen-bond acceptors (Lipinski definition) is 4. The summed E-state index contributed by atoms with van der Waals surface area (Å²) in [4.78, 5) is 0. The molecule has 1 aliphatic heterocycles. The van der Waals surface area contributed by atoms with Crippen LogP contribution in [0.1, 0.15) is 20.8 Å². The van der Waals surface area contributed by atoms with Gasteiger partial charge in [-0.25, -0.2) is 0 Å². The van der Waals surface area contributed by atoms with E-state index >= 15 is 0 Å². The minimum absolute atomic E-state index is 0.118. The van der Waals surface area contributed by atoms with E-state index in [1.807, 2.05) is 0 Å². The predicted molar refractivity (Wildman–Crippen MR) is 45.3 cm³/mol. The summed E-state index contributed by atoms with van der Waals surface area (Å²) in [6.45, 7) is 4.62. The van der Waals surface area contributed by atoms with Crippen LogP contribution in [-0.2, 0) is 19.6 Å². The Balaban J connectivity index is 2.78. The molecule has 5 nitrogen and oxygen atoms in total. The van der Waals surface area contributed by atoms with Crippen molar-refractivity contribution in [3.8, 4) is 0 Å². The third kappa shape index (κ3) is 2.35. The molecule has 0 saturated heterocycles. The maximum Gasteiger partial charge on any atom is 0.274 e. The van der Waals surface area contributed by atoms with Crippen LogP contribution in [0.15, 0.2) is 12.0 Å². The molecule has 0 saturated carbocycles. The van der Waals surface area contributed by atoms with Gasteiger partial charge in [0.25, 0.3) is 10.1 Å². The fourth-order valence-electron chi connectivity index (χ4n) is 0.857. The first-order chi connectivity index (χ1) is 5.72. The summed E-state index contributed by atoms with van der Waals surface area (Å²) in [7, 11) is -4.11. The first kappa shape index (κ1) is 10.3. The molecule has 76 valence electrons. The van der Waals surface area contributed by atoms with Gasteiger partial charge < -0.3 is 9.47 Å². The summed E-state index contributed by atoms with van der Waals surface area (Å²) in [6, 6.07) is 0. The Hall–Kier alpha value is -0.750. The van der Waals surface area contributed by atoms with Crippen LogP contribution in [0.5, 0.6) is 0 Å². The highest BCUT2D eigenvalue weighted by Gasteiger charge is 2.34. The first-order valence-corrected chi connectivity index (χ1v) is 5.26. The standard InChI is InChI=1S/C7H12O5S/c1-5(13(8,9)10)6-4-11-7(2,3)12-6/h4-5H,1-3H3,(H,8,9,10)/t5-/m1/s1. The van der Waals surface area contributed by atoms with Crippen LogP contribution in [0.25, 0.3) is 0 Å². The monoisotopic (exact) mass is 208 g/mol. The highest BCUT2D eigenvalue weighted by atomic mass is 32.2. The zero-order valence-corrected chi connectivity index (χ0v) is 8.46. The second kappa shape index (κ2) is 2.88. The van der Waals surface area contributed by atoms with Crippen LogP contribution in [0.4, 0.5) is 0 Å². The van der Waals surface area contributed by atoms with Crippen LogP contribution >= 0.6 is 0 Å². The molecule has 1 N–H and O–H groups in total. The SMILES string of the molecule is C[C@H](C1=COC(C)(C)O1)S(=O)(=O)O. The van der Waals surface area contributed by atoms with E-state index in [1.54, 1.807) is 13.8 Å². The van der Waals surface area contributed by atoms with E-state index < -0.39 is 21.2 Å². The lowest BCUT2D eigenvalue weighted by molar-refractivity contribution is -0.117. The fraction of sp³-hybridized carbons (Fsp3) is 0.714. The van der Waals surface area contributed by atoms with Gasteiger partial charge in [0.1, 0.15) is 11.5 Å². The van der Waals surface area contributed by atoms with Crippen LogP contribution in [0, 0.1) is 0 Å². The smallest absolute Gasteiger partial charge is 0.274 e. The summed E-state index contributed by atoms with van der Waals surface area (Å²) in [6.07, 6.45) is 1.21. The Morgan fingerprint density at radius 1 is 1.54 bits per heavy atom. The maximum absolute atomic E-state index is 10.7. The average Bonchev–Trinajstić information content (AvgIpc) is 2.26. The molecule has 6 heteroatoms. The van der Waals surface area contributed by atoms with Gasteiger partial charge in [0.15, 0.2) is 5.76 Å². The summed E-state index contributed by atoms with van der Waals surface area (Å²) >= 11 is 0. The maximum atomic E-state index is 10.7. The molecule has 1 rings (SSSR count). The lowest BCUT2D eigenvalue weighted by Crippen LogP contribution is -2.25. The highest BCUT2D eigenvalue weighted by Crippen LogP contribution is 2.28. The van der Waals surface area contributed by atoms with Crippen molar-refractivity contribution in [2.45, 2.75) is 31.8 Å². The number of hydrogen-bond donors (Lipinski definition) is 1. The van der Waals surface area contributed by atoms with Gasteiger partial charge in [-0.15, -0.1) is 0 Å². The molecule has 0 radical (unpaired) electrons. The molecule has 0 aromatic rings. The largest absolute Gasteiger partial charge is 0.457 e. The molecule has 1 heterocycles. The zero-order chi connectivity index (χ0) is 10.3. The van der Waals surface area contributed by atoms with Crippen molar-refractivity contribution in [2.24, 2.45) is 0 Å². The molecule has 13 heavy (non-hydrogen) atoms. The molecule has 0 spiro atoms. The molecule has 0 fully saturated rings. The third-order valence-corrected chi connectivity index (χ3v) is 2.80. The van der Waals surface area contributed by atoms with Gasteiger partial charge >= 0.3 is 0 Å². The van der Waals surface area contributed by atoms with Gasteiger partial charge in [-0.2, -0.15) is 8.42 Å². The van der Waals surface area contributed by atoms with E-state index in [0.717, 1.165) is 0 Å².